The van der Waals surface area contributed by atoms with Crippen LogP contribution in [0, 0.1) is 0 Å². The number of nitrogens with two attached hydrogens (primary N) is 1. The normalized spacial score (nSPS) is 20.8. The molecule has 2 rings (SSSR count). The minimum atomic E-state index is 0.414. The summed E-state index contributed by atoms with van der Waals surface area (Å²) in [6.45, 7) is 2.09. The van der Waals surface area contributed by atoms with E-state index in [1.165, 1.54) is 11.5 Å². The van der Waals surface area contributed by atoms with Gasteiger partial charge in [-0.05, 0) is 6.42 Å². The van der Waals surface area contributed by atoms with Gasteiger partial charge in [0.2, 0.25) is 0 Å². The number of hydrazine groups is 1. The fourth-order valence-corrected chi connectivity index (χ4v) is 4.15. The molecule has 88 valence electrons. The average Bonchev–Trinajstić information content (AvgIpc) is 2.39. The second kappa shape index (κ2) is 5.75. The van der Waals surface area contributed by atoms with Crippen LogP contribution in [-0.2, 0) is 6.42 Å². The van der Waals surface area contributed by atoms with Crippen molar-refractivity contribution >= 4 is 29.3 Å². The van der Waals surface area contributed by atoms with Crippen LogP contribution in [0.1, 0.15) is 23.7 Å². The highest BCUT2D eigenvalue weighted by atomic mass is 32.2. The number of anilines is 1. The Hall–Kier alpha value is -0.460. The van der Waals surface area contributed by atoms with Crippen LogP contribution in [0.4, 0.5) is 5.82 Å². The van der Waals surface area contributed by atoms with Gasteiger partial charge in [-0.15, -0.1) is 11.8 Å². The second-order valence-electron chi connectivity index (χ2n) is 3.53. The van der Waals surface area contributed by atoms with Gasteiger partial charge in [-0.25, -0.2) is 15.8 Å². The number of nitrogens with one attached hydrogen (secondary N) is 1. The highest BCUT2D eigenvalue weighted by Crippen LogP contribution is 2.35. The Morgan fingerprint density at radius 2 is 2.38 bits per heavy atom. The monoisotopic (exact) mass is 256 g/mol. The van der Waals surface area contributed by atoms with E-state index in [9.17, 15) is 0 Å². The molecule has 0 aromatic carbocycles. The first kappa shape index (κ1) is 12.0. The zero-order valence-corrected chi connectivity index (χ0v) is 10.9. The molecule has 6 heteroatoms. The summed E-state index contributed by atoms with van der Waals surface area (Å²) in [6, 6.07) is 1.91. The van der Waals surface area contributed by atoms with E-state index in [1.807, 2.05) is 29.6 Å². The van der Waals surface area contributed by atoms with Crippen molar-refractivity contribution in [3.05, 3.63) is 17.6 Å². The van der Waals surface area contributed by atoms with Crippen LogP contribution < -0.4 is 11.3 Å². The number of aryl methyl sites for hydroxylation is 1. The van der Waals surface area contributed by atoms with Gasteiger partial charge in [-0.3, -0.25) is 0 Å². The van der Waals surface area contributed by atoms with E-state index < -0.39 is 0 Å². The number of hydrogen-bond donors (Lipinski definition) is 2. The molecule has 1 aromatic heterocycles. The summed E-state index contributed by atoms with van der Waals surface area (Å²) in [7, 11) is 0. The van der Waals surface area contributed by atoms with Crippen LogP contribution in [-0.4, -0.2) is 27.2 Å². The summed E-state index contributed by atoms with van der Waals surface area (Å²) in [5.41, 5.74) is 3.66. The summed E-state index contributed by atoms with van der Waals surface area (Å²) >= 11 is 3.91. The van der Waals surface area contributed by atoms with E-state index >= 15 is 0 Å². The highest BCUT2D eigenvalue weighted by Gasteiger charge is 2.20. The zero-order chi connectivity index (χ0) is 11.4. The minimum absolute atomic E-state index is 0.414. The Balaban J connectivity index is 2.24. The first-order chi connectivity index (χ1) is 7.83. The molecule has 0 spiro atoms. The van der Waals surface area contributed by atoms with E-state index in [2.05, 4.69) is 22.3 Å². The van der Waals surface area contributed by atoms with Crippen LogP contribution in [0.3, 0.4) is 0 Å². The fourth-order valence-electron chi connectivity index (χ4n) is 1.55. The van der Waals surface area contributed by atoms with Crippen molar-refractivity contribution in [1.82, 2.24) is 9.97 Å². The molecule has 16 heavy (non-hydrogen) atoms. The first-order valence-electron chi connectivity index (χ1n) is 5.37. The van der Waals surface area contributed by atoms with E-state index in [-0.39, 0.29) is 0 Å². The summed E-state index contributed by atoms with van der Waals surface area (Å²) in [6.07, 6.45) is 0.911. The van der Waals surface area contributed by atoms with Crippen LogP contribution >= 0.6 is 23.5 Å². The summed E-state index contributed by atoms with van der Waals surface area (Å²) in [5, 5.41) is 0.414. The molecule has 4 nitrogen and oxygen atoms in total. The van der Waals surface area contributed by atoms with Crippen molar-refractivity contribution in [3.8, 4) is 0 Å². The summed E-state index contributed by atoms with van der Waals surface area (Å²) in [5.74, 6) is 10.6. The quantitative estimate of drug-likeness (QED) is 0.635. The van der Waals surface area contributed by atoms with Crippen LogP contribution in [0.2, 0.25) is 0 Å². The first-order valence-corrected chi connectivity index (χ1v) is 7.57. The van der Waals surface area contributed by atoms with Gasteiger partial charge in [-0.1, -0.05) is 6.92 Å². The van der Waals surface area contributed by atoms with Gasteiger partial charge in [0.1, 0.15) is 11.6 Å². The molecule has 1 atom stereocenters. The van der Waals surface area contributed by atoms with Crippen molar-refractivity contribution in [1.29, 1.82) is 0 Å². The molecule has 0 saturated carbocycles. The van der Waals surface area contributed by atoms with Crippen molar-refractivity contribution in [2.75, 3.05) is 22.7 Å². The average molecular weight is 256 g/mol. The number of nitrogen functional groups attached to an aromatic ring is 1. The molecule has 1 unspecified atom stereocenters. The predicted molar refractivity (Wildman–Crippen MR) is 71.7 cm³/mol. The number of nitrogens with zero attached hydrogens (tertiary/aromatic N) is 2. The number of rotatable bonds is 3. The van der Waals surface area contributed by atoms with Gasteiger partial charge < -0.3 is 5.43 Å². The minimum Gasteiger partial charge on any atom is -0.308 e. The molecule has 3 N–H and O–H groups in total. The molecule has 1 aromatic rings. The van der Waals surface area contributed by atoms with Gasteiger partial charge in [0, 0.05) is 29.0 Å². The summed E-state index contributed by atoms with van der Waals surface area (Å²) in [4.78, 5) is 9.02. The molecule has 2 heterocycles. The van der Waals surface area contributed by atoms with Crippen molar-refractivity contribution in [2.24, 2.45) is 5.84 Å². The van der Waals surface area contributed by atoms with Gasteiger partial charge in [0.25, 0.3) is 0 Å². The van der Waals surface area contributed by atoms with Crippen LogP contribution in [0.15, 0.2) is 6.07 Å². The SMILES string of the molecule is CCc1cc(NN)nc(C2CSCCS2)n1. The van der Waals surface area contributed by atoms with Gasteiger partial charge in [0.15, 0.2) is 0 Å². The maximum atomic E-state index is 5.42. The van der Waals surface area contributed by atoms with E-state index in [1.54, 1.807) is 0 Å². The molecular formula is C10H16N4S2. The van der Waals surface area contributed by atoms with Gasteiger partial charge in [0.05, 0.1) is 5.25 Å². The smallest absolute Gasteiger partial charge is 0.144 e. The topological polar surface area (TPSA) is 63.8 Å². The molecule has 1 aliphatic rings. The lowest BCUT2D eigenvalue weighted by Gasteiger charge is -2.20. The molecule has 1 aliphatic heterocycles. The lowest BCUT2D eigenvalue weighted by atomic mass is 10.3. The third kappa shape index (κ3) is 2.81. The summed E-state index contributed by atoms with van der Waals surface area (Å²) < 4.78 is 0. The van der Waals surface area contributed by atoms with E-state index in [0.29, 0.717) is 5.25 Å². The number of hydrogen-bond acceptors (Lipinski definition) is 6. The predicted octanol–water partition coefficient (Wildman–Crippen LogP) is 1.85. The fraction of sp³-hybridized carbons (Fsp3) is 0.600. The lowest BCUT2D eigenvalue weighted by molar-refractivity contribution is 0.877. The molecule has 1 fully saturated rings. The third-order valence-electron chi connectivity index (χ3n) is 2.41. The van der Waals surface area contributed by atoms with Crippen molar-refractivity contribution in [2.45, 2.75) is 18.6 Å². The molecule has 0 aliphatic carbocycles. The Morgan fingerprint density at radius 1 is 1.50 bits per heavy atom. The molecule has 0 bridgehead atoms. The maximum Gasteiger partial charge on any atom is 0.144 e. The van der Waals surface area contributed by atoms with Crippen LogP contribution in [0.5, 0.6) is 0 Å². The second-order valence-corrected chi connectivity index (χ2v) is 6.00. The maximum absolute atomic E-state index is 5.42. The van der Waals surface area contributed by atoms with Gasteiger partial charge >= 0.3 is 0 Å². The van der Waals surface area contributed by atoms with Crippen molar-refractivity contribution < 1.29 is 0 Å². The standard InChI is InChI=1S/C10H16N4S2/c1-2-7-5-9(14-11)13-10(12-7)8-6-15-3-4-16-8/h5,8H,2-4,6,11H2,1H3,(H,12,13,14). The Bertz CT molecular complexity index is 330. The lowest BCUT2D eigenvalue weighted by Crippen LogP contribution is -2.15. The number of aromatic nitrogens is 2. The Labute approximate surface area is 104 Å². The molecule has 0 amide bonds. The highest BCUT2D eigenvalue weighted by molar-refractivity contribution is 8.06. The van der Waals surface area contributed by atoms with Crippen molar-refractivity contribution in [3.63, 3.8) is 0 Å². The van der Waals surface area contributed by atoms with E-state index in [4.69, 9.17) is 5.84 Å². The third-order valence-corrected chi connectivity index (χ3v) is 5.16. The Morgan fingerprint density at radius 3 is 3.00 bits per heavy atom. The molecular weight excluding hydrogens is 240 g/mol. The number of thioether (sulfide) groups is 2. The molecule has 1 saturated heterocycles. The zero-order valence-electron chi connectivity index (χ0n) is 9.27. The van der Waals surface area contributed by atoms with Gasteiger partial charge in [-0.2, -0.15) is 11.8 Å². The molecule has 0 radical (unpaired) electrons. The largest absolute Gasteiger partial charge is 0.308 e. The van der Waals surface area contributed by atoms with Crippen LogP contribution in [0.25, 0.3) is 0 Å². The Kier molecular flexibility index (Phi) is 4.31. The van der Waals surface area contributed by atoms with E-state index in [0.717, 1.165) is 29.5 Å².